The molecular weight excluding hydrogens is 963 g/mol. The van der Waals surface area contributed by atoms with Crippen LogP contribution < -0.4 is 14.2 Å². The van der Waals surface area contributed by atoms with Gasteiger partial charge in [0.1, 0.15) is 6.20 Å². The van der Waals surface area contributed by atoms with E-state index in [-0.39, 0.29) is 51.3 Å². The number of allylic oxidation sites excluding steroid dienone is 6. The number of aryl methyl sites for hydroxylation is 1. The smallest absolute Gasteiger partial charge is 0.327 e. The summed E-state index contributed by atoms with van der Waals surface area (Å²) in [4.78, 5) is 18.6. The van der Waals surface area contributed by atoms with Crippen molar-refractivity contribution in [3.05, 3.63) is 111 Å². The van der Waals surface area contributed by atoms with Gasteiger partial charge >= 0.3 is 11.8 Å². The summed E-state index contributed by atoms with van der Waals surface area (Å²) in [6, 6.07) is 5.87. The third kappa shape index (κ3) is 12.1. The fourth-order valence-corrected chi connectivity index (χ4v) is 9.56. The van der Waals surface area contributed by atoms with Gasteiger partial charge in [0.15, 0.2) is 17.3 Å². The van der Waals surface area contributed by atoms with Crippen LogP contribution in [0.15, 0.2) is 87.0 Å². The lowest BCUT2D eigenvalue weighted by Gasteiger charge is -2.30. The van der Waals surface area contributed by atoms with Crippen molar-refractivity contribution in [2.24, 2.45) is 4.99 Å². The van der Waals surface area contributed by atoms with Gasteiger partial charge in [-0.15, -0.1) is 0 Å². The van der Waals surface area contributed by atoms with Gasteiger partial charge in [-0.25, -0.2) is 21.8 Å². The lowest BCUT2D eigenvalue weighted by Crippen LogP contribution is -2.36. The molecule has 0 bridgehead atoms. The highest BCUT2D eigenvalue weighted by molar-refractivity contribution is 9.10. The van der Waals surface area contributed by atoms with Gasteiger partial charge < -0.3 is 14.2 Å². The van der Waals surface area contributed by atoms with Crippen molar-refractivity contribution in [3.8, 4) is 5.75 Å². The molecule has 0 spiro atoms. The molecule has 22 heteroatoms. The summed E-state index contributed by atoms with van der Waals surface area (Å²) < 4.78 is 163. The molecule has 0 saturated heterocycles. The van der Waals surface area contributed by atoms with E-state index in [0.29, 0.717) is 41.3 Å². The first-order valence-electron chi connectivity index (χ1n) is 19.4. The van der Waals surface area contributed by atoms with Gasteiger partial charge in [0.05, 0.1) is 42.8 Å². The second kappa shape index (κ2) is 19.4. The van der Waals surface area contributed by atoms with Crippen LogP contribution in [0.25, 0.3) is 0 Å². The maximum atomic E-state index is 14.1. The summed E-state index contributed by atoms with van der Waals surface area (Å²) in [5.74, 6) is -10.4. The largest absolute Gasteiger partial charge is 0.748 e. The molecule has 0 fully saturated rings. The van der Waals surface area contributed by atoms with E-state index in [1.807, 2.05) is 26.8 Å². The number of nitrogens with zero attached hydrogens (tertiary/aromatic N) is 3. The SMILES string of the molecule is CC1(C)C(/C=C/C=C/C=C2/N(CCCS(=O)(=O)O)c3ccc(S(=O)(=O)O)cc3C2(C)CCCCCC(=O)Oc2c(F)c(F)cc(F)c2F)=Nc2c1cc(Br)c[n+]2CCCS(=O)(=O)[O-]. The molecular formula is C41H44BrF4N3O11S3. The number of benzene rings is 2. The van der Waals surface area contributed by atoms with Crippen LogP contribution in [0, 0.1) is 23.3 Å². The van der Waals surface area contributed by atoms with Gasteiger partial charge in [0, 0.05) is 41.6 Å². The summed E-state index contributed by atoms with van der Waals surface area (Å²) >= 11 is 3.50. The van der Waals surface area contributed by atoms with E-state index in [1.165, 1.54) is 18.2 Å². The Labute approximate surface area is 371 Å². The van der Waals surface area contributed by atoms with Gasteiger partial charge in [-0.2, -0.15) is 25.6 Å². The molecule has 3 aromatic rings. The Morgan fingerprint density at radius 3 is 2.21 bits per heavy atom. The van der Waals surface area contributed by atoms with Crippen LogP contribution in [0.4, 0.5) is 29.1 Å². The lowest BCUT2D eigenvalue weighted by molar-refractivity contribution is -0.684. The molecule has 0 amide bonds. The van der Waals surface area contributed by atoms with Crippen LogP contribution in [0.5, 0.6) is 5.75 Å². The van der Waals surface area contributed by atoms with Crippen molar-refractivity contribution in [2.45, 2.75) is 88.0 Å². The number of halogens is 5. The highest BCUT2D eigenvalue weighted by Gasteiger charge is 2.44. The number of unbranched alkanes of at least 4 members (excludes halogenated alkanes) is 2. The molecule has 63 heavy (non-hydrogen) atoms. The van der Waals surface area contributed by atoms with Gasteiger partial charge in [-0.05, 0) is 109 Å². The van der Waals surface area contributed by atoms with Crippen LogP contribution in [0.3, 0.4) is 0 Å². The van der Waals surface area contributed by atoms with Crippen LogP contribution in [-0.4, -0.2) is 68.6 Å². The second-order valence-corrected chi connectivity index (χ2v) is 21.2. The first-order valence-corrected chi connectivity index (χ1v) is 24.8. The van der Waals surface area contributed by atoms with E-state index in [9.17, 15) is 61.3 Å². The average Bonchev–Trinajstić information content (AvgIpc) is 3.55. The number of aromatic nitrogens is 1. The molecule has 1 unspecified atom stereocenters. The van der Waals surface area contributed by atoms with Crippen molar-refractivity contribution in [2.75, 3.05) is 23.0 Å². The number of carbonyl (C=O) groups excluding carboxylic acids is 1. The first-order chi connectivity index (χ1) is 29.2. The van der Waals surface area contributed by atoms with Crippen molar-refractivity contribution >= 4 is 69.5 Å². The number of esters is 1. The van der Waals surface area contributed by atoms with Crippen molar-refractivity contribution in [3.63, 3.8) is 0 Å². The van der Waals surface area contributed by atoms with Crippen LogP contribution in [0.2, 0.25) is 0 Å². The summed E-state index contributed by atoms with van der Waals surface area (Å²) in [6.07, 6.45) is 11.2. The summed E-state index contributed by atoms with van der Waals surface area (Å²) in [5.41, 5.74) is 1.47. The van der Waals surface area contributed by atoms with Crippen LogP contribution >= 0.6 is 15.9 Å². The van der Waals surface area contributed by atoms with Crippen molar-refractivity contribution in [1.29, 1.82) is 0 Å². The monoisotopic (exact) mass is 1010 g/mol. The van der Waals surface area contributed by atoms with Gasteiger partial charge in [-0.3, -0.25) is 13.9 Å². The number of hydrogen-bond acceptors (Lipinski definition) is 11. The van der Waals surface area contributed by atoms with E-state index < -0.39 is 92.6 Å². The molecule has 14 nitrogen and oxygen atoms in total. The fraction of sp³-hybridized carbons (Fsp3) is 0.390. The second-order valence-electron chi connectivity index (χ2n) is 15.7. The van der Waals surface area contributed by atoms with E-state index in [4.69, 9.17) is 4.99 Å². The molecule has 3 heterocycles. The molecule has 0 radical (unpaired) electrons. The highest BCUT2D eigenvalue weighted by Crippen LogP contribution is 2.51. The Morgan fingerprint density at radius 1 is 0.889 bits per heavy atom. The number of anilines is 1. The molecule has 2 aliphatic rings. The van der Waals surface area contributed by atoms with Gasteiger partial charge in [-0.1, -0.05) is 31.1 Å². The molecule has 2 N–H and O–H groups in total. The number of ether oxygens (including phenoxy) is 1. The summed E-state index contributed by atoms with van der Waals surface area (Å²) in [7, 11) is -13.4. The lowest BCUT2D eigenvalue weighted by atomic mass is 9.77. The molecule has 2 aliphatic heterocycles. The Morgan fingerprint density at radius 2 is 1.57 bits per heavy atom. The predicted molar refractivity (Wildman–Crippen MR) is 227 cm³/mol. The molecule has 1 atom stereocenters. The van der Waals surface area contributed by atoms with E-state index in [1.54, 1.807) is 46.0 Å². The van der Waals surface area contributed by atoms with E-state index in [0.717, 1.165) is 10.0 Å². The standard InChI is InChI=1S/C41H44BrF4N3O11S3/c1-40(2)29-22-26(42)25-48(18-10-20-61(51,52)53)39(29)47-33(40)12-6-4-7-13-34-41(3,17-9-5-8-14-35(50)60-38-36(45)30(43)24-31(44)37(38)46)28-23-27(63(57,58)59)15-16-32(28)49(34)19-11-21-62(54,55)56/h4,6-7,12-13,15-16,22-25H,5,8-11,14,17-21H2,1-3H3,(H2-,51,52,53,54,55,56,57,58,59). The molecule has 5 rings (SSSR count). The molecule has 1 aromatic heterocycles. The highest BCUT2D eigenvalue weighted by atomic mass is 79.9. The minimum Gasteiger partial charge on any atom is -0.748 e. The normalized spacial score (nSPS) is 18.1. The Balaban J connectivity index is 1.41. The maximum Gasteiger partial charge on any atom is 0.327 e. The minimum atomic E-state index is -4.68. The Kier molecular flexibility index (Phi) is 15.3. The Bertz CT molecular complexity index is 2740. The third-order valence-corrected chi connectivity index (χ3v) is 13.7. The summed E-state index contributed by atoms with van der Waals surface area (Å²) in [6.45, 7) is 6.03. The predicted octanol–water partition coefficient (Wildman–Crippen LogP) is 7.45. The fourth-order valence-electron chi connectivity index (χ4n) is 7.60. The van der Waals surface area contributed by atoms with Gasteiger partial charge in [0.2, 0.25) is 17.4 Å². The van der Waals surface area contributed by atoms with E-state index in [2.05, 4.69) is 20.7 Å². The molecule has 342 valence electrons. The maximum absolute atomic E-state index is 14.1. The number of hydrogen-bond donors (Lipinski definition) is 2. The number of aliphatic imine (C=N–C) groups is 1. The zero-order valence-corrected chi connectivity index (χ0v) is 38.2. The molecule has 2 aromatic carbocycles. The van der Waals surface area contributed by atoms with E-state index >= 15 is 0 Å². The first kappa shape index (κ1) is 49.7. The molecule has 0 aliphatic carbocycles. The third-order valence-electron chi connectivity index (χ3n) is 10.8. The number of pyridine rings is 1. The number of carbonyl (C=O) groups is 1. The van der Waals surface area contributed by atoms with Crippen molar-refractivity contribution < 1.29 is 70.6 Å². The topological polar surface area (TPSA) is 212 Å². The Hall–Kier alpha value is -4.32. The van der Waals surface area contributed by atoms with Crippen LogP contribution in [-0.2, 0) is 52.5 Å². The quantitative estimate of drug-likeness (QED) is 0.0175. The zero-order valence-electron chi connectivity index (χ0n) is 34.2. The number of rotatable bonds is 19. The molecule has 0 saturated carbocycles. The zero-order chi connectivity index (χ0) is 46.7. The average molecular weight is 1010 g/mol. The summed E-state index contributed by atoms with van der Waals surface area (Å²) in [5, 5.41) is 0. The number of fused-ring (bicyclic) bond motifs is 2. The van der Waals surface area contributed by atoms with Gasteiger partial charge in [0.25, 0.3) is 20.2 Å². The minimum absolute atomic E-state index is 0.0178. The van der Waals surface area contributed by atoms with Crippen molar-refractivity contribution in [1.82, 2.24) is 0 Å². The van der Waals surface area contributed by atoms with Crippen LogP contribution in [0.1, 0.15) is 76.8 Å².